The summed E-state index contributed by atoms with van der Waals surface area (Å²) in [5.74, 6) is 0.208. The number of hydrogen-bond donors (Lipinski definition) is 3. The van der Waals surface area contributed by atoms with Gasteiger partial charge in [0, 0.05) is 49.0 Å². The number of anilines is 2. The van der Waals surface area contributed by atoms with Crippen molar-refractivity contribution >= 4 is 34.6 Å². The Morgan fingerprint density at radius 3 is 2.62 bits per heavy atom. The first-order valence-corrected chi connectivity index (χ1v) is 13.1. The zero-order chi connectivity index (χ0) is 23.9. The number of benzene rings is 1. The number of carbonyl (C=O) groups excluding carboxylic acids is 2. The van der Waals surface area contributed by atoms with Crippen LogP contribution in [-0.2, 0) is 11.3 Å². The molecular formula is C25H35N5O3S. The Bertz CT molecular complexity index is 983. The first kappa shape index (κ1) is 24.5. The molecule has 1 aromatic heterocycles. The van der Waals surface area contributed by atoms with E-state index in [4.69, 9.17) is 16.2 Å². The van der Waals surface area contributed by atoms with Gasteiger partial charge in [-0.05, 0) is 42.4 Å². The first-order chi connectivity index (χ1) is 16.5. The van der Waals surface area contributed by atoms with Crippen LogP contribution in [-0.4, -0.2) is 61.1 Å². The summed E-state index contributed by atoms with van der Waals surface area (Å²) in [7, 11) is 0. The molecule has 184 valence electrons. The molecule has 3 amide bonds. The number of nitrogens with zero attached hydrogens (tertiary/aromatic N) is 2. The highest BCUT2D eigenvalue weighted by molar-refractivity contribution is 7.09. The highest BCUT2D eigenvalue weighted by atomic mass is 32.1. The Morgan fingerprint density at radius 2 is 1.94 bits per heavy atom. The lowest BCUT2D eigenvalue weighted by Crippen LogP contribution is -2.40. The molecule has 0 bridgehead atoms. The van der Waals surface area contributed by atoms with Crippen molar-refractivity contribution in [1.29, 1.82) is 0 Å². The third-order valence-corrected chi connectivity index (χ3v) is 7.55. The number of primary amides is 1. The van der Waals surface area contributed by atoms with Crippen molar-refractivity contribution in [3.05, 3.63) is 45.6 Å². The van der Waals surface area contributed by atoms with Crippen molar-refractivity contribution in [3.8, 4) is 0 Å². The SMILES string of the molecule is NC(=O)N(CCCN1CCOCC1)Cc1ccc(C(=O)Nc2cscc2N)c(C2CCCC2)c1. The lowest BCUT2D eigenvalue weighted by Gasteiger charge is -2.28. The fourth-order valence-corrected chi connectivity index (χ4v) is 5.56. The van der Waals surface area contributed by atoms with E-state index in [9.17, 15) is 9.59 Å². The molecule has 1 aliphatic heterocycles. The first-order valence-electron chi connectivity index (χ1n) is 12.1. The van der Waals surface area contributed by atoms with Crippen LogP contribution >= 0.6 is 11.3 Å². The van der Waals surface area contributed by atoms with Crippen molar-refractivity contribution in [3.63, 3.8) is 0 Å². The Hall–Kier alpha value is -2.62. The number of urea groups is 1. The Labute approximate surface area is 205 Å². The van der Waals surface area contributed by atoms with E-state index in [2.05, 4.69) is 16.3 Å². The number of hydrogen-bond acceptors (Lipinski definition) is 6. The Kier molecular flexibility index (Phi) is 8.42. The van der Waals surface area contributed by atoms with E-state index in [0.29, 0.717) is 35.9 Å². The van der Waals surface area contributed by atoms with Gasteiger partial charge in [0.15, 0.2) is 0 Å². The Balaban J connectivity index is 1.46. The molecular weight excluding hydrogens is 450 g/mol. The van der Waals surface area contributed by atoms with Gasteiger partial charge in [-0.3, -0.25) is 9.69 Å². The fraction of sp³-hybridized carbons (Fsp3) is 0.520. The van der Waals surface area contributed by atoms with E-state index in [1.807, 2.05) is 22.9 Å². The molecule has 2 aromatic rings. The minimum atomic E-state index is -0.417. The fourth-order valence-electron chi connectivity index (χ4n) is 4.89. The molecule has 1 saturated heterocycles. The molecule has 0 atom stereocenters. The van der Waals surface area contributed by atoms with Crippen molar-refractivity contribution in [1.82, 2.24) is 9.80 Å². The van der Waals surface area contributed by atoms with Gasteiger partial charge in [-0.1, -0.05) is 25.0 Å². The number of nitrogens with two attached hydrogens (primary N) is 2. The molecule has 0 radical (unpaired) electrons. The second kappa shape index (κ2) is 11.7. The second-order valence-electron chi connectivity index (χ2n) is 9.17. The van der Waals surface area contributed by atoms with Crippen molar-refractivity contribution in [2.24, 2.45) is 5.73 Å². The van der Waals surface area contributed by atoms with Crippen LogP contribution in [0, 0.1) is 0 Å². The second-order valence-corrected chi connectivity index (χ2v) is 9.91. The predicted molar refractivity (Wildman–Crippen MR) is 136 cm³/mol. The lowest BCUT2D eigenvalue weighted by molar-refractivity contribution is 0.0365. The molecule has 4 rings (SSSR count). The molecule has 1 aliphatic carbocycles. The molecule has 0 unspecified atom stereocenters. The number of amides is 3. The Morgan fingerprint density at radius 1 is 1.18 bits per heavy atom. The predicted octanol–water partition coefficient (Wildman–Crippen LogP) is 3.84. The van der Waals surface area contributed by atoms with E-state index >= 15 is 0 Å². The van der Waals surface area contributed by atoms with Crippen LogP contribution in [0.15, 0.2) is 29.0 Å². The number of nitrogen functional groups attached to an aromatic ring is 1. The van der Waals surface area contributed by atoms with Crippen LogP contribution in [0.1, 0.15) is 59.5 Å². The van der Waals surface area contributed by atoms with Gasteiger partial charge >= 0.3 is 6.03 Å². The largest absolute Gasteiger partial charge is 0.396 e. The standard InChI is InChI=1S/C25H35N5O3S/c26-22-16-34-17-23(22)28-24(31)20-7-6-18(14-21(20)19-4-1-2-5-19)15-30(25(27)32)9-3-8-29-10-12-33-13-11-29/h6-7,14,16-17,19H,1-5,8-13,15,26H2,(H2,27,32)(H,28,31). The molecule has 0 spiro atoms. The normalized spacial score (nSPS) is 17.1. The average molecular weight is 486 g/mol. The maximum atomic E-state index is 13.1. The van der Waals surface area contributed by atoms with Crippen LogP contribution in [0.3, 0.4) is 0 Å². The lowest BCUT2D eigenvalue weighted by atomic mass is 9.90. The molecule has 2 heterocycles. The summed E-state index contributed by atoms with van der Waals surface area (Å²) in [6.45, 7) is 5.36. The summed E-state index contributed by atoms with van der Waals surface area (Å²) in [4.78, 5) is 29.3. The van der Waals surface area contributed by atoms with Gasteiger partial charge in [-0.15, -0.1) is 11.3 Å². The van der Waals surface area contributed by atoms with Crippen LogP contribution < -0.4 is 16.8 Å². The molecule has 2 fully saturated rings. The molecule has 2 aliphatic rings. The molecule has 1 aromatic carbocycles. The number of carbonyl (C=O) groups is 2. The summed E-state index contributed by atoms with van der Waals surface area (Å²) < 4.78 is 5.40. The monoisotopic (exact) mass is 485 g/mol. The minimum Gasteiger partial charge on any atom is -0.396 e. The third kappa shape index (κ3) is 6.28. The van der Waals surface area contributed by atoms with Crippen molar-refractivity contribution in [2.45, 2.75) is 44.6 Å². The average Bonchev–Trinajstić information content (AvgIpc) is 3.51. The van der Waals surface area contributed by atoms with Crippen LogP contribution in [0.5, 0.6) is 0 Å². The minimum absolute atomic E-state index is 0.143. The molecule has 8 nitrogen and oxygen atoms in total. The zero-order valence-corrected chi connectivity index (χ0v) is 20.4. The summed E-state index contributed by atoms with van der Waals surface area (Å²) in [6.07, 6.45) is 5.35. The van der Waals surface area contributed by atoms with Gasteiger partial charge < -0.3 is 26.4 Å². The highest BCUT2D eigenvalue weighted by Gasteiger charge is 2.24. The van der Waals surface area contributed by atoms with E-state index in [0.717, 1.165) is 63.2 Å². The van der Waals surface area contributed by atoms with E-state index in [1.165, 1.54) is 24.2 Å². The summed E-state index contributed by atoms with van der Waals surface area (Å²) in [5, 5.41) is 6.62. The molecule has 34 heavy (non-hydrogen) atoms. The van der Waals surface area contributed by atoms with Gasteiger partial charge in [0.1, 0.15) is 0 Å². The number of rotatable bonds is 9. The van der Waals surface area contributed by atoms with Crippen molar-refractivity contribution < 1.29 is 14.3 Å². The maximum absolute atomic E-state index is 13.1. The number of nitrogens with one attached hydrogen (secondary N) is 1. The molecule has 9 heteroatoms. The van der Waals surface area contributed by atoms with Crippen LogP contribution in [0.2, 0.25) is 0 Å². The highest BCUT2D eigenvalue weighted by Crippen LogP contribution is 2.37. The summed E-state index contributed by atoms with van der Waals surface area (Å²) >= 11 is 1.46. The van der Waals surface area contributed by atoms with Crippen LogP contribution in [0.25, 0.3) is 0 Å². The summed E-state index contributed by atoms with van der Waals surface area (Å²) in [5.41, 5.74) is 15.6. The number of thiophene rings is 1. The summed E-state index contributed by atoms with van der Waals surface area (Å²) in [6, 6.07) is 5.50. The zero-order valence-electron chi connectivity index (χ0n) is 19.6. The quantitative estimate of drug-likeness (QED) is 0.499. The smallest absolute Gasteiger partial charge is 0.315 e. The number of ether oxygens (including phenoxy) is 1. The molecule has 1 saturated carbocycles. The van der Waals surface area contributed by atoms with E-state index in [-0.39, 0.29) is 5.91 Å². The van der Waals surface area contributed by atoms with Gasteiger partial charge in [0.05, 0.1) is 24.6 Å². The molecule has 5 N–H and O–H groups in total. The van der Waals surface area contributed by atoms with E-state index in [1.54, 1.807) is 4.90 Å². The van der Waals surface area contributed by atoms with Gasteiger partial charge in [0.2, 0.25) is 0 Å². The third-order valence-electron chi connectivity index (χ3n) is 6.79. The van der Waals surface area contributed by atoms with Crippen LogP contribution in [0.4, 0.5) is 16.2 Å². The van der Waals surface area contributed by atoms with Gasteiger partial charge in [0.25, 0.3) is 5.91 Å². The van der Waals surface area contributed by atoms with Crippen molar-refractivity contribution in [2.75, 3.05) is 50.4 Å². The van der Waals surface area contributed by atoms with Gasteiger partial charge in [-0.25, -0.2) is 4.79 Å². The number of morpholine rings is 1. The topological polar surface area (TPSA) is 114 Å². The van der Waals surface area contributed by atoms with E-state index < -0.39 is 6.03 Å². The van der Waals surface area contributed by atoms with Gasteiger partial charge in [-0.2, -0.15) is 0 Å². The maximum Gasteiger partial charge on any atom is 0.315 e.